The number of aryl methyl sites for hydroxylation is 1. The van der Waals surface area contributed by atoms with Gasteiger partial charge in [0.1, 0.15) is 11.4 Å². The van der Waals surface area contributed by atoms with Gasteiger partial charge in [-0.1, -0.05) is 30.3 Å². The lowest BCUT2D eigenvalue weighted by Crippen LogP contribution is -2.42. The smallest absolute Gasteiger partial charge is 0.171 e. The van der Waals surface area contributed by atoms with Crippen molar-refractivity contribution in [2.75, 3.05) is 5.32 Å². The molecule has 3 nitrogen and oxygen atoms in total. The minimum atomic E-state index is -0.221. The van der Waals surface area contributed by atoms with Crippen LogP contribution in [0.3, 0.4) is 0 Å². The van der Waals surface area contributed by atoms with Gasteiger partial charge in [0, 0.05) is 17.7 Å². The fraction of sp³-hybridized carbons (Fsp3) is 0.316. The van der Waals surface area contributed by atoms with E-state index in [9.17, 15) is 0 Å². The third kappa shape index (κ3) is 3.82. The van der Waals surface area contributed by atoms with E-state index >= 15 is 0 Å². The molecule has 0 saturated carbocycles. The molecule has 2 aromatic carbocycles. The van der Waals surface area contributed by atoms with Crippen molar-refractivity contribution < 1.29 is 4.74 Å². The molecule has 0 aromatic heterocycles. The number of rotatable bonds is 2. The van der Waals surface area contributed by atoms with E-state index in [-0.39, 0.29) is 11.6 Å². The monoisotopic (exact) mass is 326 g/mol. The molecule has 120 valence electrons. The maximum Gasteiger partial charge on any atom is 0.171 e. The van der Waals surface area contributed by atoms with Gasteiger partial charge in [-0.15, -0.1) is 0 Å². The summed E-state index contributed by atoms with van der Waals surface area (Å²) in [5.41, 5.74) is 3.12. The second kappa shape index (κ2) is 6.20. The number of para-hydroxylation sites is 1. The molecule has 0 fully saturated rings. The quantitative estimate of drug-likeness (QED) is 0.791. The average Bonchev–Trinajstić information content (AvgIpc) is 2.46. The molecule has 0 spiro atoms. The summed E-state index contributed by atoms with van der Waals surface area (Å²) >= 11 is 5.48. The van der Waals surface area contributed by atoms with Crippen LogP contribution in [0.4, 0.5) is 5.69 Å². The van der Waals surface area contributed by atoms with Crippen molar-refractivity contribution in [3.63, 3.8) is 0 Å². The van der Waals surface area contributed by atoms with Crippen molar-refractivity contribution in [3.05, 3.63) is 59.7 Å². The third-order valence-corrected chi connectivity index (χ3v) is 4.18. The predicted molar refractivity (Wildman–Crippen MR) is 99.0 cm³/mol. The Hall–Kier alpha value is -2.07. The first-order chi connectivity index (χ1) is 10.9. The van der Waals surface area contributed by atoms with Gasteiger partial charge in [0.2, 0.25) is 0 Å². The number of thiocarbonyl (C=S) groups is 1. The van der Waals surface area contributed by atoms with E-state index in [1.54, 1.807) is 0 Å². The Bertz CT molecular complexity index is 713. The van der Waals surface area contributed by atoms with Crippen molar-refractivity contribution in [3.8, 4) is 5.75 Å². The van der Waals surface area contributed by atoms with Crippen LogP contribution in [0.25, 0.3) is 0 Å². The molecule has 1 atom stereocenters. The van der Waals surface area contributed by atoms with E-state index in [1.165, 1.54) is 5.56 Å². The molecule has 1 aliphatic heterocycles. The maximum absolute atomic E-state index is 6.13. The summed E-state index contributed by atoms with van der Waals surface area (Å²) in [6.07, 6.45) is 0.861. The molecule has 0 amide bonds. The van der Waals surface area contributed by atoms with Gasteiger partial charge in [0.15, 0.2) is 5.11 Å². The molecule has 3 rings (SSSR count). The zero-order valence-electron chi connectivity index (χ0n) is 13.7. The van der Waals surface area contributed by atoms with Crippen molar-refractivity contribution in [1.82, 2.24) is 5.32 Å². The highest BCUT2D eigenvalue weighted by Crippen LogP contribution is 2.39. The second-order valence-electron chi connectivity index (χ2n) is 6.62. The van der Waals surface area contributed by atoms with E-state index in [2.05, 4.69) is 49.6 Å². The van der Waals surface area contributed by atoms with Gasteiger partial charge in [0.05, 0.1) is 6.04 Å². The van der Waals surface area contributed by atoms with Gasteiger partial charge in [-0.05, 0) is 56.8 Å². The summed E-state index contributed by atoms with van der Waals surface area (Å²) in [5.74, 6) is 0.946. The summed E-state index contributed by atoms with van der Waals surface area (Å²) in [4.78, 5) is 0. The SMILES string of the molecule is Cc1ccc2c(c1)OC(C)(C)C[C@@H]2NC(=S)Nc1ccccc1. The summed E-state index contributed by atoms with van der Waals surface area (Å²) in [6.45, 7) is 6.30. The van der Waals surface area contributed by atoms with Crippen LogP contribution in [0.5, 0.6) is 5.75 Å². The highest BCUT2D eigenvalue weighted by Gasteiger charge is 2.34. The minimum Gasteiger partial charge on any atom is -0.487 e. The van der Waals surface area contributed by atoms with Crippen LogP contribution >= 0.6 is 12.2 Å². The number of nitrogens with one attached hydrogen (secondary N) is 2. The van der Waals surface area contributed by atoms with Crippen LogP contribution in [-0.4, -0.2) is 10.7 Å². The van der Waals surface area contributed by atoms with Crippen LogP contribution < -0.4 is 15.4 Å². The van der Waals surface area contributed by atoms with E-state index in [0.29, 0.717) is 5.11 Å². The predicted octanol–water partition coefficient (Wildman–Crippen LogP) is 4.58. The summed E-state index contributed by atoms with van der Waals surface area (Å²) < 4.78 is 6.13. The first-order valence-electron chi connectivity index (χ1n) is 7.85. The fourth-order valence-electron chi connectivity index (χ4n) is 2.93. The molecule has 0 unspecified atom stereocenters. The molecule has 0 aliphatic carbocycles. The van der Waals surface area contributed by atoms with Gasteiger partial charge >= 0.3 is 0 Å². The summed E-state index contributed by atoms with van der Waals surface area (Å²) in [7, 11) is 0. The Balaban J connectivity index is 1.78. The lowest BCUT2D eigenvalue weighted by atomic mass is 9.89. The van der Waals surface area contributed by atoms with Crippen LogP contribution in [0, 0.1) is 6.92 Å². The van der Waals surface area contributed by atoms with E-state index in [4.69, 9.17) is 17.0 Å². The molecule has 0 saturated heterocycles. The van der Waals surface area contributed by atoms with Crippen molar-refractivity contribution in [1.29, 1.82) is 0 Å². The van der Waals surface area contributed by atoms with E-state index < -0.39 is 0 Å². The van der Waals surface area contributed by atoms with Crippen LogP contribution in [0.2, 0.25) is 0 Å². The number of hydrogen-bond donors (Lipinski definition) is 2. The van der Waals surface area contributed by atoms with Crippen LogP contribution in [0.1, 0.15) is 37.4 Å². The second-order valence-corrected chi connectivity index (χ2v) is 7.03. The standard InChI is InChI=1S/C19H22N2OS/c1-13-9-10-15-16(12-19(2,3)22-17(15)11-13)21-18(23)20-14-7-5-4-6-8-14/h4-11,16H,12H2,1-3H3,(H2,20,21,23)/t16-/m0/s1. The van der Waals surface area contributed by atoms with Crippen LogP contribution in [0.15, 0.2) is 48.5 Å². The molecule has 4 heteroatoms. The van der Waals surface area contributed by atoms with E-state index in [1.807, 2.05) is 30.3 Å². The first kappa shape index (κ1) is 15.8. The normalized spacial score (nSPS) is 18.5. The minimum absolute atomic E-state index is 0.137. The molecular formula is C19H22N2OS. The summed E-state index contributed by atoms with van der Waals surface area (Å²) in [6, 6.07) is 16.4. The van der Waals surface area contributed by atoms with Gasteiger partial charge in [-0.2, -0.15) is 0 Å². The molecule has 2 aromatic rings. The molecule has 0 bridgehead atoms. The molecule has 0 radical (unpaired) electrons. The van der Waals surface area contributed by atoms with Gasteiger partial charge in [0.25, 0.3) is 0 Å². The number of benzene rings is 2. The Morgan fingerprint density at radius 2 is 1.91 bits per heavy atom. The largest absolute Gasteiger partial charge is 0.487 e. The zero-order valence-corrected chi connectivity index (χ0v) is 14.5. The molecule has 1 heterocycles. The highest BCUT2D eigenvalue weighted by molar-refractivity contribution is 7.80. The van der Waals surface area contributed by atoms with Crippen molar-refractivity contribution in [2.24, 2.45) is 0 Å². The van der Waals surface area contributed by atoms with E-state index in [0.717, 1.165) is 23.4 Å². The molecule has 1 aliphatic rings. The fourth-order valence-corrected chi connectivity index (χ4v) is 3.19. The maximum atomic E-state index is 6.13. The Morgan fingerprint density at radius 3 is 2.65 bits per heavy atom. The van der Waals surface area contributed by atoms with Crippen molar-refractivity contribution in [2.45, 2.75) is 38.8 Å². The Kier molecular flexibility index (Phi) is 4.26. The molecular weight excluding hydrogens is 304 g/mol. The van der Waals surface area contributed by atoms with Crippen LogP contribution in [-0.2, 0) is 0 Å². The highest BCUT2D eigenvalue weighted by atomic mass is 32.1. The Morgan fingerprint density at radius 1 is 1.17 bits per heavy atom. The molecule has 2 N–H and O–H groups in total. The van der Waals surface area contributed by atoms with Crippen molar-refractivity contribution >= 4 is 23.0 Å². The lowest BCUT2D eigenvalue weighted by Gasteiger charge is -2.38. The average molecular weight is 326 g/mol. The zero-order chi connectivity index (χ0) is 16.4. The number of hydrogen-bond acceptors (Lipinski definition) is 2. The number of ether oxygens (including phenoxy) is 1. The lowest BCUT2D eigenvalue weighted by molar-refractivity contribution is 0.0696. The third-order valence-electron chi connectivity index (χ3n) is 3.96. The first-order valence-corrected chi connectivity index (χ1v) is 8.26. The van der Waals surface area contributed by atoms with Gasteiger partial charge in [-0.3, -0.25) is 0 Å². The Labute approximate surface area is 143 Å². The number of fused-ring (bicyclic) bond motifs is 1. The topological polar surface area (TPSA) is 33.3 Å². The van der Waals surface area contributed by atoms with Gasteiger partial charge in [-0.25, -0.2) is 0 Å². The van der Waals surface area contributed by atoms with Gasteiger partial charge < -0.3 is 15.4 Å². The number of anilines is 1. The summed E-state index contributed by atoms with van der Waals surface area (Å²) in [5, 5.41) is 7.31. The molecule has 23 heavy (non-hydrogen) atoms.